The van der Waals surface area contributed by atoms with Crippen LogP contribution in [0.2, 0.25) is 0 Å². The molecule has 1 heterocycles. The maximum absolute atomic E-state index is 11.6. The van der Waals surface area contributed by atoms with Gasteiger partial charge in [-0.15, -0.1) is 0 Å². The molecule has 5 heteroatoms. The molecule has 0 unspecified atom stereocenters. The van der Waals surface area contributed by atoms with Crippen LogP contribution in [-0.2, 0) is 0 Å². The second kappa shape index (κ2) is 6.61. The molecular weight excluding hydrogens is 340 g/mol. The molecule has 134 valence electrons. The molecule has 27 heavy (non-hydrogen) atoms. The number of imidazole rings is 1. The van der Waals surface area contributed by atoms with Gasteiger partial charge in [0.25, 0.3) is 0 Å². The van der Waals surface area contributed by atoms with Gasteiger partial charge in [0.1, 0.15) is 17.1 Å². The van der Waals surface area contributed by atoms with Gasteiger partial charge in [-0.25, -0.2) is 9.78 Å². The largest absolute Gasteiger partial charge is 0.496 e. The molecule has 5 nitrogen and oxygen atoms in total. The molecule has 4 aromatic rings. The molecule has 1 aromatic heterocycles. The molecule has 0 bridgehead atoms. The number of aryl methyl sites for hydroxylation is 1. The van der Waals surface area contributed by atoms with E-state index in [4.69, 9.17) is 4.74 Å². The van der Waals surface area contributed by atoms with Crippen LogP contribution in [0.1, 0.15) is 16.2 Å². The van der Waals surface area contributed by atoms with Crippen molar-refractivity contribution >= 4 is 17.0 Å². The molecule has 2 N–H and O–H groups in total. The zero-order valence-corrected chi connectivity index (χ0v) is 15.0. The van der Waals surface area contributed by atoms with Crippen LogP contribution in [0.15, 0.2) is 60.7 Å². The zero-order valence-electron chi connectivity index (χ0n) is 15.0. The number of hydrogen-bond acceptors (Lipinski definition) is 3. The maximum atomic E-state index is 11.6. The molecule has 0 spiro atoms. The number of carboxylic acid groups (broad SMARTS) is 1. The lowest BCUT2D eigenvalue weighted by atomic mass is 9.98. The number of aromatic nitrogens is 2. The third-order valence-corrected chi connectivity index (χ3v) is 4.57. The standard InChI is InChI=1S/C22H18N2O3/c1-13-23-19-12-16(11-18(22(25)26)21(19)24-13)14-7-9-15(10-8-14)17-5-3-4-6-20(17)27-2/h3-12H,1-2H3,(H,23,24)(H,25,26). The number of fused-ring (bicyclic) bond motifs is 1. The van der Waals surface area contributed by atoms with Gasteiger partial charge in [-0.05, 0) is 41.8 Å². The first-order valence-electron chi connectivity index (χ1n) is 8.54. The number of aromatic amines is 1. The van der Waals surface area contributed by atoms with Gasteiger partial charge in [-0.3, -0.25) is 0 Å². The van der Waals surface area contributed by atoms with Crippen molar-refractivity contribution in [2.45, 2.75) is 6.92 Å². The molecule has 0 fully saturated rings. The number of H-pyrrole nitrogens is 1. The average Bonchev–Trinajstić information content (AvgIpc) is 3.07. The van der Waals surface area contributed by atoms with Gasteiger partial charge in [-0.2, -0.15) is 0 Å². The topological polar surface area (TPSA) is 75.2 Å². The predicted octanol–water partition coefficient (Wildman–Crippen LogP) is 4.91. The summed E-state index contributed by atoms with van der Waals surface area (Å²) in [5, 5.41) is 9.55. The Morgan fingerprint density at radius 1 is 1.00 bits per heavy atom. The highest BCUT2D eigenvalue weighted by Gasteiger charge is 2.15. The molecule has 0 aliphatic rings. The molecular formula is C22H18N2O3. The highest BCUT2D eigenvalue weighted by Crippen LogP contribution is 2.32. The summed E-state index contributed by atoms with van der Waals surface area (Å²) in [6.45, 7) is 1.81. The molecule has 0 aliphatic heterocycles. The van der Waals surface area contributed by atoms with Crippen LogP contribution in [0.5, 0.6) is 5.75 Å². The summed E-state index contributed by atoms with van der Waals surface area (Å²) in [7, 11) is 1.65. The van der Waals surface area contributed by atoms with E-state index in [9.17, 15) is 9.90 Å². The van der Waals surface area contributed by atoms with Crippen LogP contribution in [0.3, 0.4) is 0 Å². The first kappa shape index (κ1) is 16.8. The van der Waals surface area contributed by atoms with Crippen molar-refractivity contribution in [3.05, 3.63) is 72.1 Å². The summed E-state index contributed by atoms with van der Waals surface area (Å²) < 4.78 is 5.43. The van der Waals surface area contributed by atoms with Gasteiger partial charge in [0.15, 0.2) is 0 Å². The molecule has 4 rings (SSSR count). The normalized spacial score (nSPS) is 10.9. The number of aromatic carboxylic acids is 1. The van der Waals surface area contributed by atoms with E-state index in [-0.39, 0.29) is 5.56 Å². The van der Waals surface area contributed by atoms with Gasteiger partial charge >= 0.3 is 5.97 Å². The number of methoxy groups -OCH3 is 1. The minimum absolute atomic E-state index is 0.195. The van der Waals surface area contributed by atoms with Crippen molar-refractivity contribution in [2.75, 3.05) is 7.11 Å². The molecule has 3 aromatic carbocycles. The molecule has 0 saturated heterocycles. The Balaban J connectivity index is 1.79. The third-order valence-electron chi connectivity index (χ3n) is 4.57. The van der Waals surface area contributed by atoms with Crippen LogP contribution in [0.4, 0.5) is 0 Å². The highest BCUT2D eigenvalue weighted by molar-refractivity contribution is 6.03. The Labute approximate surface area is 156 Å². The second-order valence-corrected chi connectivity index (χ2v) is 6.32. The monoisotopic (exact) mass is 358 g/mol. The average molecular weight is 358 g/mol. The first-order chi connectivity index (χ1) is 13.1. The number of rotatable bonds is 4. The van der Waals surface area contributed by atoms with E-state index in [1.807, 2.05) is 61.5 Å². The fraction of sp³-hybridized carbons (Fsp3) is 0.0909. The molecule has 0 atom stereocenters. The van der Waals surface area contributed by atoms with E-state index in [0.717, 1.165) is 33.5 Å². The van der Waals surface area contributed by atoms with Crippen LogP contribution in [0, 0.1) is 6.92 Å². The van der Waals surface area contributed by atoms with Crippen molar-refractivity contribution in [2.24, 2.45) is 0 Å². The fourth-order valence-corrected chi connectivity index (χ4v) is 3.30. The number of hydrogen-bond donors (Lipinski definition) is 2. The quantitative estimate of drug-likeness (QED) is 0.543. The fourth-order valence-electron chi connectivity index (χ4n) is 3.30. The number of nitrogens with zero attached hydrogens (tertiary/aromatic N) is 1. The van der Waals surface area contributed by atoms with Crippen LogP contribution in [0.25, 0.3) is 33.3 Å². The second-order valence-electron chi connectivity index (χ2n) is 6.32. The van der Waals surface area contributed by atoms with Crippen LogP contribution in [-0.4, -0.2) is 28.2 Å². The number of nitrogens with one attached hydrogen (secondary N) is 1. The van der Waals surface area contributed by atoms with Crippen molar-refractivity contribution < 1.29 is 14.6 Å². The minimum Gasteiger partial charge on any atom is -0.496 e. The maximum Gasteiger partial charge on any atom is 0.337 e. The van der Waals surface area contributed by atoms with Gasteiger partial charge in [0, 0.05) is 5.56 Å². The summed E-state index contributed by atoms with van der Waals surface area (Å²) in [4.78, 5) is 19.1. The molecule has 0 radical (unpaired) electrons. The Hall–Kier alpha value is -3.60. The first-order valence-corrected chi connectivity index (χ1v) is 8.54. The van der Waals surface area contributed by atoms with E-state index in [1.165, 1.54) is 0 Å². The van der Waals surface area contributed by atoms with Gasteiger partial charge in [-0.1, -0.05) is 42.5 Å². The summed E-state index contributed by atoms with van der Waals surface area (Å²) in [5.74, 6) is 0.517. The van der Waals surface area contributed by atoms with Gasteiger partial charge < -0.3 is 14.8 Å². The van der Waals surface area contributed by atoms with Crippen molar-refractivity contribution in [3.8, 4) is 28.0 Å². The number of carboxylic acids is 1. The number of para-hydroxylation sites is 1. The predicted molar refractivity (Wildman–Crippen MR) is 105 cm³/mol. The van der Waals surface area contributed by atoms with Crippen LogP contribution >= 0.6 is 0 Å². The SMILES string of the molecule is COc1ccccc1-c1ccc(-c2cc(C(=O)O)c3nc(C)[nH]c3c2)cc1. The smallest absolute Gasteiger partial charge is 0.337 e. The number of ether oxygens (including phenoxy) is 1. The van der Waals surface area contributed by atoms with Crippen molar-refractivity contribution in [1.29, 1.82) is 0 Å². The number of carbonyl (C=O) groups is 1. The Morgan fingerprint density at radius 2 is 1.70 bits per heavy atom. The molecule has 0 amide bonds. The third kappa shape index (κ3) is 3.04. The lowest BCUT2D eigenvalue weighted by Gasteiger charge is -2.10. The van der Waals surface area contributed by atoms with E-state index in [1.54, 1.807) is 13.2 Å². The van der Waals surface area contributed by atoms with E-state index in [2.05, 4.69) is 9.97 Å². The van der Waals surface area contributed by atoms with Gasteiger partial charge in [0.05, 0.1) is 18.2 Å². The minimum atomic E-state index is -0.987. The highest BCUT2D eigenvalue weighted by atomic mass is 16.5. The van der Waals surface area contributed by atoms with Gasteiger partial charge in [0.2, 0.25) is 0 Å². The lowest BCUT2D eigenvalue weighted by molar-refractivity contribution is 0.0699. The van der Waals surface area contributed by atoms with Crippen LogP contribution < -0.4 is 4.74 Å². The zero-order chi connectivity index (χ0) is 19.0. The van der Waals surface area contributed by atoms with E-state index in [0.29, 0.717) is 11.3 Å². The summed E-state index contributed by atoms with van der Waals surface area (Å²) in [6, 6.07) is 19.4. The summed E-state index contributed by atoms with van der Waals surface area (Å²) in [5.41, 5.74) is 5.21. The summed E-state index contributed by atoms with van der Waals surface area (Å²) >= 11 is 0. The Bertz CT molecular complexity index is 1140. The van der Waals surface area contributed by atoms with E-state index < -0.39 is 5.97 Å². The Morgan fingerprint density at radius 3 is 2.41 bits per heavy atom. The molecule has 0 saturated carbocycles. The lowest BCUT2D eigenvalue weighted by Crippen LogP contribution is -1.98. The van der Waals surface area contributed by atoms with Crippen molar-refractivity contribution in [3.63, 3.8) is 0 Å². The summed E-state index contributed by atoms with van der Waals surface area (Å²) in [6.07, 6.45) is 0. The molecule has 0 aliphatic carbocycles. The Kier molecular flexibility index (Phi) is 4.12. The number of benzene rings is 3. The van der Waals surface area contributed by atoms with E-state index >= 15 is 0 Å². The van der Waals surface area contributed by atoms with Crippen molar-refractivity contribution in [1.82, 2.24) is 9.97 Å².